The summed E-state index contributed by atoms with van der Waals surface area (Å²) >= 11 is 0. The molecule has 3 rings (SSSR count). The maximum atomic E-state index is 11.9. The molecule has 4 nitrogen and oxygen atoms in total. The summed E-state index contributed by atoms with van der Waals surface area (Å²) in [5.74, 6) is 0.963. The van der Waals surface area contributed by atoms with Gasteiger partial charge in [0.25, 0.3) is 0 Å². The molecule has 0 aliphatic heterocycles. The van der Waals surface area contributed by atoms with Gasteiger partial charge in [-0.1, -0.05) is 18.1 Å². The molecule has 1 fully saturated rings. The van der Waals surface area contributed by atoms with Crippen molar-refractivity contribution in [2.75, 3.05) is 17.2 Å². The lowest BCUT2D eigenvalue weighted by Gasteiger charge is -2.23. The Morgan fingerprint density at radius 2 is 2.14 bits per heavy atom. The van der Waals surface area contributed by atoms with Crippen LogP contribution in [-0.4, -0.2) is 17.4 Å². The number of rotatable bonds is 6. The first kappa shape index (κ1) is 15.1. The van der Waals surface area contributed by atoms with E-state index in [2.05, 4.69) is 21.7 Å². The standard InChI is InChI=1S/C18H25N3O/c22-18(15-7-4-8-15)21-17-10-9-16(13-20-17)19-12-11-14-5-2-1-3-6-14/h5,9-10,13,15,19H,1-4,6-8,11-12H2,(H,20,21,22). The number of nitrogens with one attached hydrogen (secondary N) is 2. The number of hydrogen-bond acceptors (Lipinski definition) is 3. The van der Waals surface area contributed by atoms with Crippen molar-refractivity contribution < 1.29 is 4.79 Å². The maximum Gasteiger partial charge on any atom is 0.228 e. The summed E-state index contributed by atoms with van der Waals surface area (Å²) in [7, 11) is 0. The highest BCUT2D eigenvalue weighted by Crippen LogP contribution is 2.27. The van der Waals surface area contributed by atoms with Gasteiger partial charge in [-0.05, 0) is 57.1 Å². The molecule has 1 heterocycles. The van der Waals surface area contributed by atoms with Crippen LogP contribution in [0.2, 0.25) is 0 Å². The highest BCUT2D eigenvalue weighted by atomic mass is 16.2. The van der Waals surface area contributed by atoms with Crippen LogP contribution in [0.15, 0.2) is 30.0 Å². The van der Waals surface area contributed by atoms with Crippen molar-refractivity contribution in [1.82, 2.24) is 4.98 Å². The third kappa shape index (κ3) is 4.09. The van der Waals surface area contributed by atoms with E-state index in [1.165, 1.54) is 32.1 Å². The molecule has 2 N–H and O–H groups in total. The minimum atomic E-state index is 0.115. The van der Waals surface area contributed by atoms with Crippen molar-refractivity contribution in [3.8, 4) is 0 Å². The normalized spacial score (nSPS) is 18.3. The van der Waals surface area contributed by atoms with Crippen LogP contribution in [0.5, 0.6) is 0 Å². The minimum Gasteiger partial charge on any atom is -0.383 e. The number of carbonyl (C=O) groups excluding carboxylic acids is 1. The van der Waals surface area contributed by atoms with Gasteiger partial charge >= 0.3 is 0 Å². The predicted molar refractivity (Wildman–Crippen MR) is 89.9 cm³/mol. The lowest BCUT2D eigenvalue weighted by Crippen LogP contribution is -2.28. The van der Waals surface area contributed by atoms with E-state index in [0.29, 0.717) is 5.82 Å². The van der Waals surface area contributed by atoms with Gasteiger partial charge in [-0.15, -0.1) is 0 Å². The highest BCUT2D eigenvalue weighted by Gasteiger charge is 2.25. The van der Waals surface area contributed by atoms with Crippen LogP contribution in [-0.2, 0) is 4.79 Å². The van der Waals surface area contributed by atoms with E-state index in [1.807, 2.05) is 12.1 Å². The van der Waals surface area contributed by atoms with E-state index in [0.717, 1.165) is 31.5 Å². The third-order valence-electron chi connectivity index (χ3n) is 4.65. The van der Waals surface area contributed by atoms with Crippen LogP contribution >= 0.6 is 0 Å². The zero-order chi connectivity index (χ0) is 15.2. The molecule has 0 saturated heterocycles. The lowest BCUT2D eigenvalue weighted by molar-refractivity contribution is -0.122. The van der Waals surface area contributed by atoms with Crippen molar-refractivity contribution >= 4 is 17.4 Å². The molecule has 0 bridgehead atoms. The Hall–Kier alpha value is -1.84. The molecule has 2 aliphatic rings. The first-order valence-electron chi connectivity index (χ1n) is 8.50. The molecule has 0 unspecified atom stereocenters. The summed E-state index contributed by atoms with van der Waals surface area (Å²) in [6.07, 6.45) is 13.7. The molecule has 0 aromatic carbocycles. The topological polar surface area (TPSA) is 54.0 Å². The average Bonchev–Trinajstić information content (AvgIpc) is 2.48. The van der Waals surface area contributed by atoms with Gasteiger partial charge < -0.3 is 10.6 Å². The highest BCUT2D eigenvalue weighted by molar-refractivity contribution is 5.92. The Morgan fingerprint density at radius 1 is 1.23 bits per heavy atom. The van der Waals surface area contributed by atoms with E-state index in [-0.39, 0.29) is 11.8 Å². The van der Waals surface area contributed by atoms with Crippen LogP contribution < -0.4 is 10.6 Å². The quantitative estimate of drug-likeness (QED) is 0.777. The summed E-state index contributed by atoms with van der Waals surface area (Å²) in [6.45, 7) is 0.946. The molecule has 1 amide bonds. The second-order valence-electron chi connectivity index (χ2n) is 6.33. The van der Waals surface area contributed by atoms with Crippen LogP contribution in [0.1, 0.15) is 51.4 Å². The molecular formula is C18H25N3O. The van der Waals surface area contributed by atoms with E-state index in [9.17, 15) is 4.79 Å². The van der Waals surface area contributed by atoms with Gasteiger partial charge in [0, 0.05) is 12.5 Å². The fourth-order valence-electron chi connectivity index (χ4n) is 2.97. The number of carbonyl (C=O) groups is 1. The van der Waals surface area contributed by atoms with E-state index < -0.39 is 0 Å². The molecule has 0 atom stereocenters. The Morgan fingerprint density at radius 3 is 2.77 bits per heavy atom. The Kier molecular flexibility index (Phi) is 5.09. The van der Waals surface area contributed by atoms with Crippen LogP contribution in [0.25, 0.3) is 0 Å². The van der Waals surface area contributed by atoms with Crippen molar-refractivity contribution in [2.24, 2.45) is 5.92 Å². The van der Waals surface area contributed by atoms with Gasteiger partial charge in [0.2, 0.25) is 5.91 Å². The number of anilines is 2. The molecular weight excluding hydrogens is 274 g/mol. The SMILES string of the molecule is O=C(Nc1ccc(NCCC2=CCCCC2)cn1)C1CCC1. The second-order valence-corrected chi connectivity index (χ2v) is 6.33. The van der Waals surface area contributed by atoms with Crippen molar-refractivity contribution in [2.45, 2.75) is 51.4 Å². The number of aromatic nitrogens is 1. The molecule has 118 valence electrons. The number of hydrogen-bond donors (Lipinski definition) is 2. The van der Waals surface area contributed by atoms with Gasteiger partial charge in [0.05, 0.1) is 11.9 Å². The zero-order valence-electron chi connectivity index (χ0n) is 13.1. The second kappa shape index (κ2) is 7.43. The first-order valence-corrected chi connectivity index (χ1v) is 8.50. The van der Waals surface area contributed by atoms with Gasteiger partial charge in [-0.2, -0.15) is 0 Å². The fourth-order valence-corrected chi connectivity index (χ4v) is 2.97. The summed E-state index contributed by atoms with van der Waals surface area (Å²) in [5.41, 5.74) is 2.59. The zero-order valence-corrected chi connectivity index (χ0v) is 13.1. The van der Waals surface area contributed by atoms with E-state index in [1.54, 1.807) is 11.8 Å². The Bertz CT molecular complexity index is 532. The largest absolute Gasteiger partial charge is 0.383 e. The van der Waals surface area contributed by atoms with E-state index >= 15 is 0 Å². The molecule has 1 saturated carbocycles. The monoisotopic (exact) mass is 299 g/mol. The molecule has 0 radical (unpaired) electrons. The van der Waals surface area contributed by atoms with Gasteiger partial charge in [0.15, 0.2) is 0 Å². The Labute approximate surface area is 132 Å². The smallest absolute Gasteiger partial charge is 0.228 e. The fraction of sp³-hybridized carbons (Fsp3) is 0.556. The first-order chi connectivity index (χ1) is 10.8. The van der Waals surface area contributed by atoms with Gasteiger partial charge in [-0.3, -0.25) is 4.79 Å². The number of amides is 1. The molecule has 1 aromatic rings. The summed E-state index contributed by atoms with van der Waals surface area (Å²) < 4.78 is 0. The van der Waals surface area contributed by atoms with Gasteiger partial charge in [-0.25, -0.2) is 4.98 Å². The summed E-state index contributed by atoms with van der Waals surface area (Å²) in [6, 6.07) is 3.86. The number of allylic oxidation sites excluding steroid dienone is 1. The summed E-state index contributed by atoms with van der Waals surface area (Å²) in [5, 5.41) is 6.29. The van der Waals surface area contributed by atoms with Gasteiger partial charge in [0.1, 0.15) is 5.82 Å². The Balaban J connectivity index is 1.42. The molecule has 4 heteroatoms. The van der Waals surface area contributed by atoms with E-state index in [4.69, 9.17) is 0 Å². The summed E-state index contributed by atoms with van der Waals surface area (Å²) in [4.78, 5) is 16.2. The predicted octanol–water partition coefficient (Wildman–Crippen LogP) is 4.12. The van der Waals surface area contributed by atoms with Crippen LogP contribution in [0, 0.1) is 5.92 Å². The van der Waals surface area contributed by atoms with Crippen LogP contribution in [0.4, 0.5) is 11.5 Å². The number of nitrogens with zero attached hydrogens (tertiary/aromatic N) is 1. The maximum absolute atomic E-state index is 11.9. The third-order valence-corrected chi connectivity index (χ3v) is 4.65. The lowest BCUT2D eigenvalue weighted by atomic mass is 9.85. The minimum absolute atomic E-state index is 0.115. The van der Waals surface area contributed by atoms with Crippen LogP contribution in [0.3, 0.4) is 0 Å². The number of pyridine rings is 1. The molecule has 2 aliphatic carbocycles. The molecule has 0 spiro atoms. The molecule has 22 heavy (non-hydrogen) atoms. The van der Waals surface area contributed by atoms with Crippen molar-refractivity contribution in [1.29, 1.82) is 0 Å². The average molecular weight is 299 g/mol. The molecule has 1 aromatic heterocycles. The van der Waals surface area contributed by atoms with Crippen molar-refractivity contribution in [3.05, 3.63) is 30.0 Å². The van der Waals surface area contributed by atoms with Crippen molar-refractivity contribution in [3.63, 3.8) is 0 Å².